The Kier molecular flexibility index (Phi) is 21.8. The molecule has 0 aromatic heterocycles. The summed E-state index contributed by atoms with van der Waals surface area (Å²) in [7, 11) is 0. The fourth-order valence-corrected chi connectivity index (χ4v) is 7.00. The minimum absolute atomic E-state index is 0.00472. The molecule has 0 unspecified atom stereocenters. The van der Waals surface area contributed by atoms with Crippen LogP contribution in [0.4, 0.5) is 0 Å². The van der Waals surface area contributed by atoms with E-state index in [1.54, 1.807) is 6.92 Å². The van der Waals surface area contributed by atoms with E-state index in [0.29, 0.717) is 65.2 Å². The molecule has 4 amide bonds. The summed E-state index contributed by atoms with van der Waals surface area (Å²) in [6.07, 6.45) is 3.10. The van der Waals surface area contributed by atoms with Crippen molar-refractivity contribution < 1.29 is 38.2 Å². The molecule has 59 heavy (non-hydrogen) atoms. The lowest BCUT2D eigenvalue weighted by Gasteiger charge is -2.33. The summed E-state index contributed by atoms with van der Waals surface area (Å²) < 4.78 is 17.4. The lowest BCUT2D eigenvalue weighted by Crippen LogP contribution is -2.60. The average Bonchev–Trinajstić information content (AvgIpc) is 3.21. The number of ether oxygens (including phenoxy) is 3. The Bertz CT molecular complexity index is 1570. The Morgan fingerprint density at radius 3 is 1.81 bits per heavy atom. The van der Waals surface area contributed by atoms with Gasteiger partial charge in [0.25, 0.3) is 0 Å². The average molecular weight is 822 g/mol. The van der Waals surface area contributed by atoms with Crippen LogP contribution in [-0.2, 0) is 51.0 Å². The molecule has 0 bridgehead atoms. The summed E-state index contributed by atoms with van der Waals surface area (Å²) in [6.45, 7) is 16.8. The third kappa shape index (κ3) is 17.9. The van der Waals surface area contributed by atoms with Gasteiger partial charge in [-0.1, -0.05) is 102 Å². The van der Waals surface area contributed by atoms with Crippen molar-refractivity contribution in [3.63, 3.8) is 0 Å². The van der Waals surface area contributed by atoms with Crippen molar-refractivity contribution >= 4 is 29.4 Å². The highest BCUT2D eigenvalue weighted by atomic mass is 16.5. The molecule has 1 aliphatic heterocycles. The normalized spacial score (nSPS) is 16.4. The van der Waals surface area contributed by atoms with Crippen molar-refractivity contribution in [1.82, 2.24) is 26.2 Å². The Hall–Kier alpha value is -4.17. The first-order chi connectivity index (χ1) is 28.2. The van der Waals surface area contributed by atoms with Crippen LogP contribution in [0.2, 0.25) is 0 Å². The number of benzene rings is 2. The molecule has 5 atom stereocenters. The van der Waals surface area contributed by atoms with E-state index in [4.69, 9.17) is 14.2 Å². The highest BCUT2D eigenvalue weighted by Crippen LogP contribution is 2.20. The monoisotopic (exact) mass is 822 g/mol. The lowest BCUT2D eigenvalue weighted by molar-refractivity contribution is -0.155. The molecular formula is C46H71N5O8. The smallest absolute Gasteiger partial charge is 0.243 e. The van der Waals surface area contributed by atoms with Crippen LogP contribution in [0.15, 0.2) is 60.7 Å². The molecule has 0 aliphatic carbocycles. The summed E-state index contributed by atoms with van der Waals surface area (Å²) in [6, 6.07) is 15.1. The van der Waals surface area contributed by atoms with Crippen molar-refractivity contribution in [2.45, 2.75) is 123 Å². The first-order valence-electron chi connectivity index (χ1n) is 21.6. The van der Waals surface area contributed by atoms with E-state index in [2.05, 4.69) is 21.3 Å². The third-order valence-corrected chi connectivity index (χ3v) is 10.2. The fourth-order valence-electron chi connectivity index (χ4n) is 7.00. The second-order valence-electron chi connectivity index (χ2n) is 16.7. The Morgan fingerprint density at radius 1 is 0.695 bits per heavy atom. The largest absolute Gasteiger partial charge is 0.379 e. The van der Waals surface area contributed by atoms with Crippen LogP contribution in [0.3, 0.4) is 0 Å². The maximum Gasteiger partial charge on any atom is 0.243 e. The van der Waals surface area contributed by atoms with E-state index in [-0.39, 0.29) is 49.5 Å². The maximum absolute atomic E-state index is 14.4. The number of aryl methyl sites for hydroxylation is 1. The van der Waals surface area contributed by atoms with Gasteiger partial charge in [-0.2, -0.15) is 0 Å². The zero-order valence-electron chi connectivity index (χ0n) is 36.6. The molecule has 1 heterocycles. The molecular weight excluding hydrogens is 751 g/mol. The third-order valence-electron chi connectivity index (χ3n) is 10.2. The first-order valence-corrected chi connectivity index (χ1v) is 21.6. The zero-order chi connectivity index (χ0) is 43.2. The van der Waals surface area contributed by atoms with Gasteiger partial charge in [0, 0.05) is 32.7 Å². The predicted octanol–water partition coefficient (Wildman–Crippen LogP) is 4.41. The first kappa shape index (κ1) is 49.2. The van der Waals surface area contributed by atoms with Crippen molar-refractivity contribution in [3.8, 4) is 0 Å². The molecule has 3 rings (SSSR count). The van der Waals surface area contributed by atoms with Gasteiger partial charge >= 0.3 is 0 Å². The zero-order valence-corrected chi connectivity index (χ0v) is 36.6. The van der Waals surface area contributed by atoms with E-state index in [9.17, 15) is 24.0 Å². The number of ketones is 1. The molecule has 1 saturated heterocycles. The number of nitrogens with zero attached hydrogens (tertiary/aromatic N) is 1. The topological polar surface area (TPSA) is 164 Å². The molecule has 13 heteroatoms. The van der Waals surface area contributed by atoms with Crippen molar-refractivity contribution in [3.05, 3.63) is 71.8 Å². The molecule has 0 saturated carbocycles. The number of morpholine rings is 1. The van der Waals surface area contributed by atoms with Gasteiger partial charge < -0.3 is 35.5 Å². The fraction of sp³-hybridized carbons (Fsp3) is 0.630. The van der Waals surface area contributed by atoms with E-state index in [1.807, 2.05) is 107 Å². The van der Waals surface area contributed by atoms with Gasteiger partial charge in [-0.25, -0.2) is 0 Å². The second kappa shape index (κ2) is 26.1. The minimum atomic E-state index is -1.29. The standard InChI is InChI=1S/C46H71N5O8/c1-8-24-58-32-46(7,59-25-9-2)42(53)38(28-33(3)4)48-45(56)40(30-36-18-14-11-15-19-36)50-44(55)39(29-34(5)6)49-43(54)37(21-20-35-16-12-10-13-17-35)47-41(52)31-51-22-26-57-27-23-51/h10-19,33-34,37-40H,8-9,20-32H2,1-7H3,(H,47,52)(H,48,56)(H,49,54)(H,50,55)/t37-,38-,39-,40-,46+/m0/s1. The Balaban J connectivity index is 1.87. The summed E-state index contributed by atoms with van der Waals surface area (Å²) in [5, 5.41) is 11.8. The van der Waals surface area contributed by atoms with E-state index in [1.165, 1.54) is 0 Å². The van der Waals surface area contributed by atoms with Crippen molar-refractivity contribution in [2.75, 3.05) is 52.7 Å². The molecule has 0 radical (unpaired) electrons. The van der Waals surface area contributed by atoms with Crippen LogP contribution < -0.4 is 21.3 Å². The Morgan fingerprint density at radius 2 is 1.22 bits per heavy atom. The second-order valence-corrected chi connectivity index (χ2v) is 16.7. The predicted molar refractivity (Wildman–Crippen MR) is 230 cm³/mol. The van der Waals surface area contributed by atoms with Crippen LogP contribution in [0.5, 0.6) is 0 Å². The van der Waals surface area contributed by atoms with E-state index < -0.39 is 47.5 Å². The molecule has 328 valence electrons. The number of nitrogens with one attached hydrogen (secondary N) is 4. The van der Waals surface area contributed by atoms with Gasteiger partial charge in [-0.3, -0.25) is 28.9 Å². The van der Waals surface area contributed by atoms with E-state index >= 15 is 0 Å². The number of carbonyl (C=O) groups excluding carboxylic acids is 5. The summed E-state index contributed by atoms with van der Waals surface area (Å²) in [5.74, 6) is -2.10. The number of carbonyl (C=O) groups is 5. The maximum atomic E-state index is 14.4. The molecule has 1 fully saturated rings. The van der Waals surface area contributed by atoms with Crippen LogP contribution in [-0.4, -0.2) is 117 Å². The minimum Gasteiger partial charge on any atom is -0.379 e. The molecule has 0 spiro atoms. The number of Topliss-reactive ketones (excluding diaryl/α,β-unsaturated/α-hetero) is 1. The molecule has 2 aromatic carbocycles. The van der Waals surface area contributed by atoms with Gasteiger partial charge in [-0.15, -0.1) is 0 Å². The summed E-state index contributed by atoms with van der Waals surface area (Å²) in [5.41, 5.74) is 0.522. The molecule has 13 nitrogen and oxygen atoms in total. The number of hydrogen-bond donors (Lipinski definition) is 4. The quantitative estimate of drug-likeness (QED) is 0.0957. The van der Waals surface area contributed by atoms with Gasteiger partial charge in [0.2, 0.25) is 23.6 Å². The highest BCUT2D eigenvalue weighted by Gasteiger charge is 2.41. The van der Waals surface area contributed by atoms with E-state index in [0.717, 1.165) is 17.5 Å². The van der Waals surface area contributed by atoms with Gasteiger partial charge in [0.15, 0.2) is 5.78 Å². The van der Waals surface area contributed by atoms with Gasteiger partial charge in [0.05, 0.1) is 32.4 Å². The number of rotatable bonds is 27. The summed E-state index contributed by atoms with van der Waals surface area (Å²) in [4.78, 5) is 72.3. The van der Waals surface area contributed by atoms with Crippen LogP contribution in [0, 0.1) is 11.8 Å². The van der Waals surface area contributed by atoms with Crippen molar-refractivity contribution in [1.29, 1.82) is 0 Å². The SMILES string of the molecule is CCCOC[C@@](C)(OCCC)C(=O)[C@H](CC(C)C)NC(=O)[C@H](Cc1ccccc1)NC(=O)[C@H](CC(C)C)NC(=O)[C@H](CCc1ccccc1)NC(=O)CN1CCOCC1. The Labute approximate surface area is 352 Å². The van der Waals surface area contributed by atoms with Gasteiger partial charge in [0.1, 0.15) is 23.7 Å². The molecule has 1 aliphatic rings. The summed E-state index contributed by atoms with van der Waals surface area (Å²) >= 11 is 0. The number of hydrogen-bond acceptors (Lipinski definition) is 9. The molecule has 4 N–H and O–H groups in total. The lowest BCUT2D eigenvalue weighted by atomic mass is 9.89. The van der Waals surface area contributed by atoms with Crippen molar-refractivity contribution in [2.24, 2.45) is 11.8 Å². The van der Waals surface area contributed by atoms with Gasteiger partial charge in [-0.05, 0) is 68.4 Å². The van der Waals surface area contributed by atoms with Crippen LogP contribution in [0.1, 0.15) is 91.7 Å². The van der Waals surface area contributed by atoms with Crippen LogP contribution in [0.25, 0.3) is 0 Å². The van der Waals surface area contributed by atoms with Crippen LogP contribution >= 0.6 is 0 Å². The highest BCUT2D eigenvalue weighted by molar-refractivity contribution is 5.98. The number of amides is 4. The molecule has 2 aromatic rings.